The number of anilines is 2. The van der Waals surface area contributed by atoms with Crippen LogP contribution in [0, 0.1) is 13.8 Å². The van der Waals surface area contributed by atoms with Gasteiger partial charge < -0.3 is 10.6 Å². The van der Waals surface area contributed by atoms with Crippen molar-refractivity contribution in [3.8, 4) is 0 Å². The van der Waals surface area contributed by atoms with E-state index in [2.05, 4.69) is 10.6 Å². The Balaban J connectivity index is 1.76. The van der Waals surface area contributed by atoms with Gasteiger partial charge in [-0.1, -0.05) is 49.1 Å². The molecule has 2 N–H and O–H groups in total. The summed E-state index contributed by atoms with van der Waals surface area (Å²) in [6.45, 7) is 3.34. The number of rotatable bonds is 7. The Labute approximate surface area is 190 Å². The molecule has 0 bridgehead atoms. The summed E-state index contributed by atoms with van der Waals surface area (Å²) in [5.41, 5.74) is 2.94. The van der Waals surface area contributed by atoms with Gasteiger partial charge in [0, 0.05) is 6.04 Å². The average molecular weight is 458 g/mol. The van der Waals surface area contributed by atoms with Crippen LogP contribution in [0.5, 0.6) is 0 Å². The molecular weight excluding hydrogens is 426 g/mol. The third kappa shape index (κ3) is 6.09. The van der Waals surface area contributed by atoms with E-state index in [0.717, 1.165) is 47.4 Å². The number of benzene rings is 2. The molecule has 2 amide bonds. The second-order valence-electron chi connectivity index (χ2n) is 8.46. The Morgan fingerprint density at radius 3 is 2.38 bits per heavy atom. The molecule has 2 aromatic rings. The molecule has 3 rings (SSSR count). The quantitative estimate of drug-likeness (QED) is 0.662. The predicted molar refractivity (Wildman–Crippen MR) is 128 cm³/mol. The number of para-hydroxylation sites is 1. The van der Waals surface area contributed by atoms with Crippen molar-refractivity contribution in [2.45, 2.75) is 52.0 Å². The molecule has 8 heteroatoms. The van der Waals surface area contributed by atoms with Gasteiger partial charge in [-0.2, -0.15) is 0 Å². The zero-order valence-electron chi connectivity index (χ0n) is 18.8. The van der Waals surface area contributed by atoms with Gasteiger partial charge in [-0.15, -0.1) is 0 Å². The van der Waals surface area contributed by atoms with Crippen LogP contribution in [0.1, 0.15) is 53.6 Å². The second-order valence-corrected chi connectivity index (χ2v) is 10.4. The van der Waals surface area contributed by atoms with Crippen LogP contribution in [-0.2, 0) is 14.8 Å². The Bertz CT molecular complexity index is 1090. The molecule has 0 saturated heterocycles. The lowest BCUT2D eigenvalue weighted by Crippen LogP contribution is -2.39. The molecular formula is C24H31N3O4S. The van der Waals surface area contributed by atoms with Crippen LogP contribution in [0.25, 0.3) is 0 Å². The van der Waals surface area contributed by atoms with E-state index in [0.29, 0.717) is 16.9 Å². The minimum atomic E-state index is -3.69. The van der Waals surface area contributed by atoms with E-state index >= 15 is 0 Å². The van der Waals surface area contributed by atoms with E-state index in [1.165, 1.54) is 6.42 Å². The van der Waals surface area contributed by atoms with Crippen LogP contribution in [0.15, 0.2) is 42.5 Å². The maximum absolute atomic E-state index is 12.8. The van der Waals surface area contributed by atoms with Crippen LogP contribution in [0.2, 0.25) is 0 Å². The number of amides is 2. The number of sulfonamides is 1. The Morgan fingerprint density at radius 2 is 1.72 bits per heavy atom. The van der Waals surface area contributed by atoms with E-state index in [1.807, 2.05) is 26.0 Å². The number of carbonyl (C=O) groups is 2. The van der Waals surface area contributed by atoms with Gasteiger partial charge in [-0.05, 0) is 50.5 Å². The SMILES string of the molecule is Cc1ccc(N(CC(=O)Nc2ccccc2C(=O)NC2CCCCC2)S(C)(=O)=O)c(C)c1. The van der Waals surface area contributed by atoms with Crippen LogP contribution in [0.3, 0.4) is 0 Å². The predicted octanol–water partition coefficient (Wildman–Crippen LogP) is 3.77. The summed E-state index contributed by atoms with van der Waals surface area (Å²) >= 11 is 0. The smallest absolute Gasteiger partial charge is 0.253 e. The highest BCUT2D eigenvalue weighted by Crippen LogP contribution is 2.24. The molecule has 0 radical (unpaired) electrons. The van der Waals surface area contributed by atoms with E-state index in [1.54, 1.807) is 30.3 Å². The van der Waals surface area contributed by atoms with Gasteiger partial charge in [-0.25, -0.2) is 8.42 Å². The molecule has 172 valence electrons. The first-order chi connectivity index (χ1) is 15.1. The van der Waals surface area contributed by atoms with Crippen LogP contribution in [-0.4, -0.2) is 39.1 Å². The van der Waals surface area contributed by atoms with Crippen LogP contribution < -0.4 is 14.9 Å². The molecule has 32 heavy (non-hydrogen) atoms. The maximum atomic E-state index is 12.8. The van der Waals surface area contributed by atoms with Gasteiger partial charge in [0.05, 0.1) is 23.2 Å². The summed E-state index contributed by atoms with van der Waals surface area (Å²) in [5, 5.41) is 5.78. The lowest BCUT2D eigenvalue weighted by Gasteiger charge is -2.25. The van der Waals surface area contributed by atoms with Gasteiger partial charge >= 0.3 is 0 Å². The minimum absolute atomic E-state index is 0.144. The van der Waals surface area contributed by atoms with E-state index in [4.69, 9.17) is 0 Å². The third-order valence-electron chi connectivity index (χ3n) is 5.69. The van der Waals surface area contributed by atoms with Crippen molar-refractivity contribution in [1.82, 2.24) is 5.32 Å². The fourth-order valence-electron chi connectivity index (χ4n) is 4.09. The van der Waals surface area contributed by atoms with Gasteiger partial charge in [0.2, 0.25) is 15.9 Å². The summed E-state index contributed by atoms with van der Waals surface area (Å²) in [6, 6.07) is 12.3. The molecule has 7 nitrogen and oxygen atoms in total. The maximum Gasteiger partial charge on any atom is 0.253 e. The number of hydrogen-bond acceptors (Lipinski definition) is 4. The molecule has 0 aromatic heterocycles. The lowest BCUT2D eigenvalue weighted by atomic mass is 9.95. The molecule has 0 aliphatic heterocycles. The van der Waals surface area contributed by atoms with E-state index < -0.39 is 15.9 Å². The number of aryl methyl sites for hydroxylation is 2. The Hall–Kier alpha value is -2.87. The zero-order valence-corrected chi connectivity index (χ0v) is 19.7. The van der Waals surface area contributed by atoms with Gasteiger partial charge in [0.1, 0.15) is 6.54 Å². The standard InChI is InChI=1S/C24H31N3O4S/c1-17-13-14-22(18(2)15-17)27(32(3,30)31)16-23(28)26-21-12-8-7-11-20(21)24(29)25-19-9-5-4-6-10-19/h7-8,11-15,19H,4-6,9-10,16H2,1-3H3,(H,25,29)(H,26,28). The molecule has 0 heterocycles. The van der Waals surface area contributed by atoms with Crippen LogP contribution >= 0.6 is 0 Å². The largest absolute Gasteiger partial charge is 0.349 e. The first-order valence-electron chi connectivity index (χ1n) is 10.9. The Morgan fingerprint density at radius 1 is 1.03 bits per heavy atom. The molecule has 0 atom stereocenters. The fourth-order valence-corrected chi connectivity index (χ4v) is 5.00. The van der Waals surface area contributed by atoms with Crippen molar-refractivity contribution in [2.75, 3.05) is 22.4 Å². The molecule has 0 spiro atoms. The van der Waals surface area contributed by atoms with Gasteiger partial charge in [0.15, 0.2) is 0 Å². The highest BCUT2D eigenvalue weighted by molar-refractivity contribution is 7.92. The van der Waals surface area contributed by atoms with Crippen LogP contribution in [0.4, 0.5) is 11.4 Å². The highest BCUT2D eigenvalue weighted by atomic mass is 32.2. The summed E-state index contributed by atoms with van der Waals surface area (Å²) in [6.07, 6.45) is 6.38. The van der Waals surface area contributed by atoms with Crippen molar-refractivity contribution >= 4 is 33.2 Å². The van der Waals surface area contributed by atoms with Crippen molar-refractivity contribution in [3.63, 3.8) is 0 Å². The first kappa shape index (κ1) is 23.8. The zero-order chi connectivity index (χ0) is 23.3. The summed E-state index contributed by atoms with van der Waals surface area (Å²) < 4.78 is 26.0. The number of nitrogens with one attached hydrogen (secondary N) is 2. The van der Waals surface area contributed by atoms with Crippen molar-refractivity contribution in [3.05, 3.63) is 59.2 Å². The van der Waals surface area contributed by atoms with E-state index in [9.17, 15) is 18.0 Å². The van der Waals surface area contributed by atoms with Gasteiger partial charge in [0.25, 0.3) is 5.91 Å². The monoisotopic (exact) mass is 457 g/mol. The summed E-state index contributed by atoms with van der Waals surface area (Å²) in [7, 11) is -3.69. The second kappa shape index (κ2) is 10.2. The normalized spacial score (nSPS) is 14.6. The Kier molecular flexibility index (Phi) is 7.56. The van der Waals surface area contributed by atoms with Crippen molar-refractivity contribution < 1.29 is 18.0 Å². The molecule has 1 aliphatic carbocycles. The van der Waals surface area contributed by atoms with E-state index in [-0.39, 0.29) is 18.5 Å². The molecule has 0 unspecified atom stereocenters. The number of carbonyl (C=O) groups excluding carboxylic acids is 2. The topological polar surface area (TPSA) is 95.6 Å². The number of hydrogen-bond donors (Lipinski definition) is 2. The average Bonchev–Trinajstić information content (AvgIpc) is 2.73. The minimum Gasteiger partial charge on any atom is -0.349 e. The molecule has 1 saturated carbocycles. The number of nitrogens with zero attached hydrogens (tertiary/aromatic N) is 1. The van der Waals surface area contributed by atoms with Crippen molar-refractivity contribution in [1.29, 1.82) is 0 Å². The molecule has 1 fully saturated rings. The molecule has 1 aliphatic rings. The lowest BCUT2D eigenvalue weighted by molar-refractivity contribution is -0.114. The molecule has 2 aromatic carbocycles. The van der Waals surface area contributed by atoms with Gasteiger partial charge in [-0.3, -0.25) is 13.9 Å². The highest BCUT2D eigenvalue weighted by Gasteiger charge is 2.24. The first-order valence-corrected chi connectivity index (χ1v) is 12.7. The summed E-state index contributed by atoms with van der Waals surface area (Å²) in [4.78, 5) is 25.7. The van der Waals surface area contributed by atoms with Crippen molar-refractivity contribution in [2.24, 2.45) is 0 Å². The fraction of sp³-hybridized carbons (Fsp3) is 0.417. The summed E-state index contributed by atoms with van der Waals surface area (Å²) in [5.74, 6) is -0.754. The third-order valence-corrected chi connectivity index (χ3v) is 6.82.